The quantitative estimate of drug-likeness (QED) is 0.601. The number of hydrogen-bond acceptors (Lipinski definition) is 3. The van der Waals surface area contributed by atoms with Gasteiger partial charge in [0.2, 0.25) is 5.91 Å². The maximum atomic E-state index is 12.7. The zero-order valence-corrected chi connectivity index (χ0v) is 18.6. The van der Waals surface area contributed by atoms with Crippen molar-refractivity contribution in [3.05, 3.63) is 35.4 Å². The molecule has 0 saturated carbocycles. The molecule has 2 N–H and O–H groups in total. The minimum absolute atomic E-state index is 0.0655. The highest BCUT2D eigenvalue weighted by molar-refractivity contribution is 7.86. The van der Waals surface area contributed by atoms with Crippen LogP contribution >= 0.6 is 0 Å². The fourth-order valence-electron chi connectivity index (χ4n) is 4.98. The van der Waals surface area contributed by atoms with E-state index >= 15 is 0 Å². The van der Waals surface area contributed by atoms with E-state index in [1.165, 1.54) is 11.1 Å². The minimum atomic E-state index is -3.33. The number of nitrogens with zero attached hydrogens (tertiary/aromatic N) is 2. The Balaban J connectivity index is 1.14. The standard InChI is InChI=1S/C22H34N4O3S/c27-22(20-9-16-26(17-10-20)30(28,29)25-13-3-4-14-25)23-11-5-12-24-15-8-19-6-1-2-7-21(19)18-24/h1-2,6-7,20H,3-5,8-18H2,(H,23,27)/p+1. The third kappa shape index (κ3) is 5.04. The summed E-state index contributed by atoms with van der Waals surface area (Å²) < 4.78 is 28.5. The zero-order chi connectivity index (χ0) is 21.0. The molecule has 2 saturated heterocycles. The molecular weight excluding hydrogens is 400 g/mol. The summed E-state index contributed by atoms with van der Waals surface area (Å²) in [5.41, 5.74) is 2.94. The summed E-state index contributed by atoms with van der Waals surface area (Å²) in [5, 5.41) is 3.09. The lowest BCUT2D eigenvalue weighted by atomic mass is 9.97. The third-order valence-corrected chi connectivity index (χ3v) is 8.89. The highest BCUT2D eigenvalue weighted by Gasteiger charge is 2.35. The van der Waals surface area contributed by atoms with Gasteiger partial charge in [-0.25, -0.2) is 0 Å². The van der Waals surface area contributed by atoms with Crippen molar-refractivity contribution in [2.75, 3.05) is 45.8 Å². The van der Waals surface area contributed by atoms with Crippen LogP contribution in [0.25, 0.3) is 0 Å². The number of fused-ring (bicyclic) bond motifs is 1. The zero-order valence-electron chi connectivity index (χ0n) is 17.8. The Labute approximate surface area is 180 Å². The Morgan fingerprint density at radius 2 is 1.70 bits per heavy atom. The molecule has 4 rings (SSSR count). The van der Waals surface area contributed by atoms with E-state index in [9.17, 15) is 13.2 Å². The van der Waals surface area contributed by atoms with Crippen molar-refractivity contribution in [2.24, 2.45) is 5.92 Å². The number of quaternary nitrogens is 1. The molecular formula is C22H35N4O3S+. The van der Waals surface area contributed by atoms with E-state index in [1.54, 1.807) is 13.5 Å². The topological polar surface area (TPSA) is 74.2 Å². The molecule has 0 aromatic heterocycles. The Hall–Kier alpha value is -1.48. The van der Waals surface area contributed by atoms with Gasteiger partial charge < -0.3 is 10.2 Å². The van der Waals surface area contributed by atoms with E-state index in [1.807, 2.05) is 0 Å². The molecule has 1 aromatic carbocycles. The summed E-state index contributed by atoms with van der Waals surface area (Å²) >= 11 is 0. The molecule has 0 radical (unpaired) electrons. The van der Waals surface area contributed by atoms with Gasteiger partial charge in [-0.1, -0.05) is 24.3 Å². The van der Waals surface area contributed by atoms with Crippen LogP contribution in [0, 0.1) is 5.92 Å². The molecule has 0 aliphatic carbocycles. The Morgan fingerprint density at radius 3 is 2.43 bits per heavy atom. The Kier molecular flexibility index (Phi) is 7.08. The van der Waals surface area contributed by atoms with Crippen molar-refractivity contribution in [3.8, 4) is 0 Å². The lowest BCUT2D eigenvalue weighted by molar-refractivity contribution is -0.916. The molecule has 7 nitrogen and oxygen atoms in total. The van der Waals surface area contributed by atoms with Crippen LogP contribution in [0.2, 0.25) is 0 Å². The minimum Gasteiger partial charge on any atom is -0.356 e. The second-order valence-electron chi connectivity index (χ2n) is 8.88. The van der Waals surface area contributed by atoms with Crippen LogP contribution in [-0.2, 0) is 28.0 Å². The number of nitrogens with one attached hydrogen (secondary N) is 2. The first kappa shape index (κ1) is 21.7. The molecule has 1 atom stereocenters. The highest BCUT2D eigenvalue weighted by Crippen LogP contribution is 2.23. The molecule has 30 heavy (non-hydrogen) atoms. The van der Waals surface area contributed by atoms with Crippen LogP contribution < -0.4 is 10.2 Å². The smallest absolute Gasteiger partial charge is 0.281 e. The Bertz CT molecular complexity index is 831. The number of carbonyl (C=O) groups excluding carboxylic acids is 1. The SMILES string of the molecule is O=C(NCCC[NH+]1CCc2ccccc2C1)C1CCN(S(=O)(=O)N2CCCC2)CC1. The van der Waals surface area contributed by atoms with Crippen LogP contribution in [0.5, 0.6) is 0 Å². The normalized spacial score (nSPS) is 23.9. The summed E-state index contributed by atoms with van der Waals surface area (Å²) in [5.74, 6) is 0.0245. The highest BCUT2D eigenvalue weighted by atomic mass is 32.2. The van der Waals surface area contributed by atoms with E-state index in [0.29, 0.717) is 45.6 Å². The van der Waals surface area contributed by atoms with Crippen molar-refractivity contribution >= 4 is 16.1 Å². The Morgan fingerprint density at radius 1 is 1.03 bits per heavy atom. The number of amides is 1. The molecule has 166 valence electrons. The number of carbonyl (C=O) groups is 1. The molecule has 3 aliphatic rings. The fraction of sp³-hybridized carbons (Fsp3) is 0.682. The van der Waals surface area contributed by atoms with E-state index in [0.717, 1.165) is 45.3 Å². The second-order valence-corrected chi connectivity index (χ2v) is 10.8. The first-order valence-electron chi connectivity index (χ1n) is 11.5. The van der Waals surface area contributed by atoms with Crippen LogP contribution in [0.1, 0.15) is 43.2 Å². The van der Waals surface area contributed by atoms with Crippen molar-refractivity contribution < 1.29 is 18.1 Å². The lowest BCUT2D eigenvalue weighted by Crippen LogP contribution is -3.11. The van der Waals surface area contributed by atoms with Gasteiger partial charge in [0.25, 0.3) is 10.2 Å². The lowest BCUT2D eigenvalue weighted by Gasteiger charge is -2.33. The van der Waals surface area contributed by atoms with E-state index < -0.39 is 10.2 Å². The molecule has 1 amide bonds. The predicted octanol–water partition coefficient (Wildman–Crippen LogP) is 0.187. The van der Waals surface area contributed by atoms with Crippen LogP contribution in [0.15, 0.2) is 24.3 Å². The number of hydrogen-bond donors (Lipinski definition) is 2. The number of piperidine rings is 1. The van der Waals surface area contributed by atoms with Gasteiger partial charge in [-0.3, -0.25) is 4.79 Å². The number of benzene rings is 1. The monoisotopic (exact) mass is 435 g/mol. The second kappa shape index (κ2) is 9.77. The van der Waals surface area contributed by atoms with Gasteiger partial charge in [-0.2, -0.15) is 17.0 Å². The molecule has 1 unspecified atom stereocenters. The van der Waals surface area contributed by atoms with Gasteiger partial charge in [0.1, 0.15) is 6.54 Å². The molecule has 0 bridgehead atoms. The van der Waals surface area contributed by atoms with Gasteiger partial charge in [0.05, 0.1) is 13.1 Å². The molecule has 3 heterocycles. The average molecular weight is 436 g/mol. The maximum absolute atomic E-state index is 12.7. The van der Waals surface area contributed by atoms with E-state index in [2.05, 4.69) is 29.6 Å². The largest absolute Gasteiger partial charge is 0.356 e. The third-order valence-electron chi connectivity index (χ3n) is 6.86. The van der Waals surface area contributed by atoms with Crippen LogP contribution in [0.4, 0.5) is 0 Å². The van der Waals surface area contributed by atoms with Crippen molar-refractivity contribution in [3.63, 3.8) is 0 Å². The van der Waals surface area contributed by atoms with Gasteiger partial charge >= 0.3 is 0 Å². The van der Waals surface area contributed by atoms with E-state index in [4.69, 9.17) is 0 Å². The van der Waals surface area contributed by atoms with Crippen LogP contribution in [0.3, 0.4) is 0 Å². The molecule has 3 aliphatic heterocycles. The van der Waals surface area contributed by atoms with Gasteiger partial charge in [-0.15, -0.1) is 0 Å². The maximum Gasteiger partial charge on any atom is 0.281 e. The van der Waals surface area contributed by atoms with Crippen LogP contribution in [-0.4, -0.2) is 68.7 Å². The fourth-order valence-corrected chi connectivity index (χ4v) is 6.70. The summed E-state index contributed by atoms with van der Waals surface area (Å²) in [6.45, 7) is 6.18. The molecule has 0 spiro atoms. The summed E-state index contributed by atoms with van der Waals surface area (Å²) in [4.78, 5) is 14.1. The van der Waals surface area contributed by atoms with E-state index in [-0.39, 0.29) is 11.8 Å². The summed E-state index contributed by atoms with van der Waals surface area (Å²) in [7, 11) is -3.33. The summed E-state index contributed by atoms with van der Waals surface area (Å²) in [6.07, 6.45) is 5.25. The van der Waals surface area contributed by atoms with Crippen molar-refractivity contribution in [2.45, 2.75) is 45.1 Å². The predicted molar refractivity (Wildman–Crippen MR) is 116 cm³/mol. The molecule has 1 aromatic rings. The van der Waals surface area contributed by atoms with Gasteiger partial charge in [0, 0.05) is 57.0 Å². The average Bonchev–Trinajstić information content (AvgIpc) is 3.32. The van der Waals surface area contributed by atoms with Crippen molar-refractivity contribution in [1.82, 2.24) is 13.9 Å². The number of rotatable bonds is 7. The molecule has 8 heteroatoms. The molecule has 2 fully saturated rings. The first-order chi connectivity index (χ1) is 14.5. The van der Waals surface area contributed by atoms with Crippen molar-refractivity contribution in [1.29, 1.82) is 0 Å². The first-order valence-corrected chi connectivity index (χ1v) is 12.9. The summed E-state index contributed by atoms with van der Waals surface area (Å²) in [6, 6.07) is 8.69. The van der Waals surface area contributed by atoms with Gasteiger partial charge in [0.15, 0.2) is 0 Å². The van der Waals surface area contributed by atoms with Gasteiger partial charge in [-0.05, 0) is 31.2 Å².